The Balaban J connectivity index is 1.92. The highest BCUT2D eigenvalue weighted by Gasteiger charge is 1.94. The van der Waals surface area contributed by atoms with Gasteiger partial charge < -0.3 is 9.47 Å². The minimum Gasteiger partial charge on any atom is -0.491 e. The van der Waals surface area contributed by atoms with E-state index in [4.69, 9.17) is 9.47 Å². The zero-order chi connectivity index (χ0) is 14.9. The molecule has 21 heavy (non-hydrogen) atoms. The fourth-order valence-corrected chi connectivity index (χ4v) is 1.67. The monoisotopic (exact) mass is 284 g/mol. The van der Waals surface area contributed by atoms with Crippen LogP contribution in [0.4, 0.5) is 4.39 Å². The maximum absolute atomic E-state index is 12.8. The van der Waals surface area contributed by atoms with Gasteiger partial charge in [0, 0.05) is 17.7 Å². The summed E-state index contributed by atoms with van der Waals surface area (Å²) in [5, 5.41) is 0. The molecule has 0 amide bonds. The Hall–Kier alpha value is -2.31. The van der Waals surface area contributed by atoms with Crippen LogP contribution in [0.25, 0.3) is 0 Å². The maximum atomic E-state index is 12.8. The van der Waals surface area contributed by atoms with Crippen molar-refractivity contribution in [2.45, 2.75) is 6.92 Å². The van der Waals surface area contributed by atoms with Gasteiger partial charge in [-0.2, -0.15) is 0 Å². The highest BCUT2D eigenvalue weighted by atomic mass is 19.1. The number of benzene rings is 2. The number of hydrogen-bond donors (Lipinski definition) is 0. The lowest BCUT2D eigenvalue weighted by atomic mass is 10.2. The first-order chi connectivity index (χ1) is 10.3. The Morgan fingerprint density at radius 2 is 1.43 bits per heavy atom. The van der Waals surface area contributed by atoms with Crippen molar-refractivity contribution in [3.05, 3.63) is 65.5 Å². The van der Waals surface area contributed by atoms with Crippen LogP contribution >= 0.6 is 0 Å². The van der Waals surface area contributed by atoms with Crippen LogP contribution in [-0.4, -0.2) is 19.8 Å². The third-order valence-electron chi connectivity index (χ3n) is 2.75. The standard InChI is InChI=1S/C18H17FO2/c1-2-20-13-14-21-18-11-7-16(8-12-18)4-3-15-5-9-17(19)10-6-15/h5-12H,2,13-14H2,1H3. The third-order valence-corrected chi connectivity index (χ3v) is 2.75. The number of rotatable bonds is 5. The van der Waals surface area contributed by atoms with Crippen LogP contribution < -0.4 is 4.74 Å². The maximum Gasteiger partial charge on any atom is 0.123 e. The van der Waals surface area contributed by atoms with Gasteiger partial charge in [0.05, 0.1) is 6.61 Å². The summed E-state index contributed by atoms with van der Waals surface area (Å²) in [7, 11) is 0. The lowest BCUT2D eigenvalue weighted by molar-refractivity contribution is 0.110. The van der Waals surface area contributed by atoms with E-state index in [1.165, 1.54) is 12.1 Å². The summed E-state index contributed by atoms with van der Waals surface area (Å²) in [5.74, 6) is 6.56. The smallest absolute Gasteiger partial charge is 0.123 e. The second-order valence-electron chi connectivity index (χ2n) is 4.33. The molecule has 0 aliphatic carbocycles. The van der Waals surface area contributed by atoms with Crippen molar-refractivity contribution in [1.82, 2.24) is 0 Å². The van der Waals surface area contributed by atoms with Crippen LogP contribution in [0.2, 0.25) is 0 Å². The normalized spacial score (nSPS) is 9.81. The number of ether oxygens (including phenoxy) is 2. The Morgan fingerprint density at radius 1 is 0.857 bits per heavy atom. The van der Waals surface area contributed by atoms with Crippen LogP contribution in [0.3, 0.4) is 0 Å². The van der Waals surface area contributed by atoms with Gasteiger partial charge in [-0.15, -0.1) is 0 Å². The highest BCUT2D eigenvalue weighted by molar-refractivity contribution is 5.44. The predicted molar refractivity (Wildman–Crippen MR) is 80.8 cm³/mol. The van der Waals surface area contributed by atoms with Gasteiger partial charge in [-0.3, -0.25) is 0 Å². The van der Waals surface area contributed by atoms with E-state index in [1.807, 2.05) is 31.2 Å². The SMILES string of the molecule is CCOCCOc1ccc(C#Cc2ccc(F)cc2)cc1. The summed E-state index contributed by atoms with van der Waals surface area (Å²) in [6.45, 7) is 3.77. The average Bonchev–Trinajstić information content (AvgIpc) is 2.52. The van der Waals surface area contributed by atoms with Crippen molar-refractivity contribution in [3.63, 3.8) is 0 Å². The molecule has 0 radical (unpaired) electrons. The lowest BCUT2D eigenvalue weighted by Crippen LogP contribution is -2.06. The molecule has 0 N–H and O–H groups in total. The molecule has 0 spiro atoms. The molecule has 0 saturated heterocycles. The molecule has 0 fully saturated rings. The fourth-order valence-electron chi connectivity index (χ4n) is 1.67. The first-order valence-corrected chi connectivity index (χ1v) is 6.86. The Bertz CT molecular complexity index is 606. The van der Waals surface area contributed by atoms with Gasteiger partial charge >= 0.3 is 0 Å². The van der Waals surface area contributed by atoms with Crippen LogP contribution in [0.1, 0.15) is 18.1 Å². The molecule has 2 nitrogen and oxygen atoms in total. The van der Waals surface area contributed by atoms with Crippen LogP contribution in [-0.2, 0) is 4.74 Å². The van der Waals surface area contributed by atoms with E-state index in [0.717, 1.165) is 16.9 Å². The van der Waals surface area contributed by atoms with Crippen molar-refractivity contribution >= 4 is 0 Å². The van der Waals surface area contributed by atoms with Crippen molar-refractivity contribution in [3.8, 4) is 17.6 Å². The zero-order valence-electron chi connectivity index (χ0n) is 11.9. The molecular weight excluding hydrogens is 267 g/mol. The molecule has 2 aromatic rings. The predicted octanol–water partition coefficient (Wildman–Crippen LogP) is 3.64. The van der Waals surface area contributed by atoms with Crippen molar-refractivity contribution < 1.29 is 13.9 Å². The lowest BCUT2D eigenvalue weighted by Gasteiger charge is -2.05. The molecule has 0 unspecified atom stereocenters. The topological polar surface area (TPSA) is 18.5 Å². The van der Waals surface area contributed by atoms with Gasteiger partial charge in [0.15, 0.2) is 0 Å². The van der Waals surface area contributed by atoms with Crippen LogP contribution in [0.15, 0.2) is 48.5 Å². The summed E-state index contributed by atoms with van der Waals surface area (Å²) >= 11 is 0. The molecule has 0 aromatic heterocycles. The minimum absolute atomic E-state index is 0.255. The first-order valence-electron chi connectivity index (χ1n) is 6.86. The second kappa shape index (κ2) is 8.08. The highest BCUT2D eigenvalue weighted by Crippen LogP contribution is 2.11. The molecule has 0 saturated carbocycles. The summed E-state index contributed by atoms with van der Waals surface area (Å²) in [4.78, 5) is 0. The minimum atomic E-state index is -0.255. The molecule has 0 heterocycles. The summed E-state index contributed by atoms with van der Waals surface area (Å²) in [6.07, 6.45) is 0. The van der Waals surface area contributed by atoms with E-state index in [1.54, 1.807) is 12.1 Å². The number of halogens is 1. The Labute approximate surface area is 124 Å². The van der Waals surface area contributed by atoms with E-state index < -0.39 is 0 Å². The average molecular weight is 284 g/mol. The quantitative estimate of drug-likeness (QED) is 0.616. The van der Waals surface area contributed by atoms with E-state index in [-0.39, 0.29) is 5.82 Å². The molecule has 0 bridgehead atoms. The van der Waals surface area contributed by atoms with Crippen molar-refractivity contribution in [2.75, 3.05) is 19.8 Å². The van der Waals surface area contributed by atoms with E-state index in [2.05, 4.69) is 11.8 Å². The van der Waals surface area contributed by atoms with Gasteiger partial charge in [0.2, 0.25) is 0 Å². The summed E-state index contributed by atoms with van der Waals surface area (Å²) in [5.41, 5.74) is 1.67. The molecule has 0 aliphatic heterocycles. The van der Waals surface area contributed by atoms with E-state index in [9.17, 15) is 4.39 Å². The molecule has 108 valence electrons. The molecule has 3 heteroatoms. The largest absolute Gasteiger partial charge is 0.491 e. The second-order valence-corrected chi connectivity index (χ2v) is 4.33. The van der Waals surface area contributed by atoms with E-state index in [0.29, 0.717) is 19.8 Å². The third kappa shape index (κ3) is 5.29. The van der Waals surface area contributed by atoms with Gasteiger partial charge in [-0.1, -0.05) is 11.8 Å². The Kier molecular flexibility index (Phi) is 5.81. The van der Waals surface area contributed by atoms with Crippen LogP contribution in [0.5, 0.6) is 5.75 Å². The van der Waals surface area contributed by atoms with Gasteiger partial charge in [0.25, 0.3) is 0 Å². The van der Waals surface area contributed by atoms with Gasteiger partial charge in [-0.25, -0.2) is 4.39 Å². The molecule has 0 aliphatic rings. The summed E-state index contributed by atoms with van der Waals surface area (Å²) < 4.78 is 23.5. The summed E-state index contributed by atoms with van der Waals surface area (Å²) in [6, 6.07) is 13.7. The van der Waals surface area contributed by atoms with Crippen LogP contribution in [0, 0.1) is 17.7 Å². The van der Waals surface area contributed by atoms with E-state index >= 15 is 0 Å². The molecule has 2 aromatic carbocycles. The van der Waals surface area contributed by atoms with Crippen molar-refractivity contribution in [1.29, 1.82) is 0 Å². The Morgan fingerprint density at radius 3 is 2.00 bits per heavy atom. The molecule has 0 atom stereocenters. The fraction of sp³-hybridized carbons (Fsp3) is 0.222. The zero-order valence-corrected chi connectivity index (χ0v) is 11.9. The number of hydrogen-bond acceptors (Lipinski definition) is 2. The molecule has 2 rings (SSSR count). The van der Waals surface area contributed by atoms with Gasteiger partial charge in [-0.05, 0) is 55.5 Å². The first kappa shape index (κ1) is 15.1. The molecular formula is C18H17FO2. The van der Waals surface area contributed by atoms with Crippen molar-refractivity contribution in [2.24, 2.45) is 0 Å². The van der Waals surface area contributed by atoms with Gasteiger partial charge in [0.1, 0.15) is 18.2 Å².